The number of fused-ring (bicyclic) bond motifs is 1. The topological polar surface area (TPSA) is 42.1 Å². The summed E-state index contributed by atoms with van der Waals surface area (Å²) in [4.78, 5) is 7.04. The third kappa shape index (κ3) is 3.72. The first-order valence-corrected chi connectivity index (χ1v) is 8.00. The fourth-order valence-corrected chi connectivity index (χ4v) is 4.01. The van der Waals surface area contributed by atoms with Gasteiger partial charge in [0.05, 0.1) is 16.8 Å². The van der Waals surface area contributed by atoms with E-state index in [1.165, 1.54) is 18.9 Å². The van der Waals surface area contributed by atoms with Crippen LogP contribution in [-0.2, 0) is 6.54 Å². The zero-order chi connectivity index (χ0) is 14.1. The van der Waals surface area contributed by atoms with Gasteiger partial charge in [0.2, 0.25) is 0 Å². The van der Waals surface area contributed by atoms with Crippen molar-refractivity contribution < 1.29 is 4.39 Å². The number of hydrogen-bond acceptors (Lipinski definition) is 4. The van der Waals surface area contributed by atoms with E-state index in [-0.39, 0.29) is 24.3 Å². The number of aromatic nitrogens is 1. The van der Waals surface area contributed by atoms with Crippen molar-refractivity contribution in [1.29, 1.82) is 0 Å². The maximum absolute atomic E-state index is 13.2. The highest BCUT2D eigenvalue weighted by atomic mass is 35.5. The van der Waals surface area contributed by atoms with E-state index >= 15 is 0 Å². The van der Waals surface area contributed by atoms with Gasteiger partial charge in [0, 0.05) is 12.1 Å². The summed E-state index contributed by atoms with van der Waals surface area (Å²) >= 11 is 1.59. The maximum atomic E-state index is 13.2. The van der Waals surface area contributed by atoms with Crippen LogP contribution in [0.4, 0.5) is 4.39 Å². The third-order valence-electron chi connectivity index (χ3n) is 4.00. The largest absolute Gasteiger partial charge is 0.327 e. The predicted octanol–water partition coefficient (Wildman–Crippen LogP) is 3.56. The van der Waals surface area contributed by atoms with Gasteiger partial charge in [0.1, 0.15) is 10.8 Å². The number of piperidine rings is 1. The Bertz CT molecular complexity index is 602. The second kappa shape index (κ2) is 7.01. The molecule has 2 unspecified atom stereocenters. The average Bonchev–Trinajstić information content (AvgIpc) is 2.80. The molecule has 21 heavy (non-hydrogen) atoms. The summed E-state index contributed by atoms with van der Waals surface area (Å²) in [7, 11) is 0. The van der Waals surface area contributed by atoms with E-state index in [1.54, 1.807) is 23.5 Å². The summed E-state index contributed by atoms with van der Waals surface area (Å²) in [6, 6.07) is 5.41. The Labute approximate surface area is 134 Å². The van der Waals surface area contributed by atoms with Crippen LogP contribution in [0.5, 0.6) is 0 Å². The summed E-state index contributed by atoms with van der Waals surface area (Å²) in [6.07, 6.45) is 3.65. The van der Waals surface area contributed by atoms with Gasteiger partial charge in [-0.15, -0.1) is 23.7 Å². The van der Waals surface area contributed by atoms with Crippen LogP contribution < -0.4 is 5.73 Å². The van der Waals surface area contributed by atoms with Crippen molar-refractivity contribution in [2.24, 2.45) is 5.73 Å². The molecule has 2 N–H and O–H groups in total. The van der Waals surface area contributed by atoms with E-state index in [2.05, 4.69) is 16.8 Å². The molecule has 1 aromatic carbocycles. The summed E-state index contributed by atoms with van der Waals surface area (Å²) in [5.41, 5.74) is 6.99. The van der Waals surface area contributed by atoms with Crippen LogP contribution in [0.2, 0.25) is 0 Å². The number of halogens is 2. The smallest absolute Gasteiger partial charge is 0.124 e. The van der Waals surface area contributed by atoms with Crippen molar-refractivity contribution in [2.75, 3.05) is 6.54 Å². The van der Waals surface area contributed by atoms with Crippen LogP contribution in [0.15, 0.2) is 18.2 Å². The van der Waals surface area contributed by atoms with Gasteiger partial charge in [0.15, 0.2) is 0 Å². The molecule has 1 aliphatic rings. The van der Waals surface area contributed by atoms with Crippen molar-refractivity contribution in [3.63, 3.8) is 0 Å². The molecule has 2 atom stereocenters. The van der Waals surface area contributed by atoms with Gasteiger partial charge in [-0.25, -0.2) is 9.37 Å². The Hall–Kier alpha value is -0.750. The molecule has 0 aliphatic carbocycles. The fourth-order valence-electron chi connectivity index (χ4n) is 3.00. The number of rotatable bonds is 3. The Morgan fingerprint density at radius 2 is 2.29 bits per heavy atom. The minimum Gasteiger partial charge on any atom is -0.327 e. The monoisotopic (exact) mass is 329 g/mol. The SMILES string of the molecule is CC(N)C1CCCCN1Cc1nc2ccc(F)cc2s1.Cl. The molecule has 1 aliphatic heterocycles. The van der Waals surface area contributed by atoms with Crippen LogP contribution in [-0.4, -0.2) is 28.5 Å². The van der Waals surface area contributed by atoms with E-state index in [1.807, 2.05) is 0 Å². The molecule has 6 heteroatoms. The van der Waals surface area contributed by atoms with Gasteiger partial charge < -0.3 is 5.73 Å². The Morgan fingerprint density at radius 1 is 1.48 bits per heavy atom. The Morgan fingerprint density at radius 3 is 3.05 bits per heavy atom. The zero-order valence-electron chi connectivity index (χ0n) is 12.1. The molecule has 0 amide bonds. The molecule has 2 aromatic rings. The quantitative estimate of drug-likeness (QED) is 0.936. The lowest BCUT2D eigenvalue weighted by Crippen LogP contribution is -2.48. The number of thiazole rings is 1. The van der Waals surface area contributed by atoms with Crippen LogP contribution in [0.1, 0.15) is 31.2 Å². The Balaban J connectivity index is 0.00000161. The normalized spacial score (nSPS) is 21.2. The molecule has 0 saturated carbocycles. The minimum absolute atomic E-state index is 0. The fraction of sp³-hybridized carbons (Fsp3) is 0.533. The number of likely N-dealkylation sites (tertiary alicyclic amines) is 1. The first kappa shape index (κ1) is 16.6. The van der Waals surface area contributed by atoms with E-state index in [0.29, 0.717) is 6.04 Å². The van der Waals surface area contributed by atoms with E-state index in [0.717, 1.165) is 34.7 Å². The van der Waals surface area contributed by atoms with Crippen LogP contribution in [0, 0.1) is 5.82 Å². The molecule has 3 rings (SSSR count). The van der Waals surface area contributed by atoms with E-state index in [4.69, 9.17) is 5.73 Å². The number of nitrogens with two attached hydrogens (primary N) is 1. The minimum atomic E-state index is -0.195. The maximum Gasteiger partial charge on any atom is 0.124 e. The summed E-state index contributed by atoms with van der Waals surface area (Å²) < 4.78 is 14.1. The highest BCUT2D eigenvalue weighted by Crippen LogP contribution is 2.27. The Kier molecular flexibility index (Phi) is 5.54. The molecule has 116 valence electrons. The lowest BCUT2D eigenvalue weighted by molar-refractivity contribution is 0.123. The van der Waals surface area contributed by atoms with E-state index in [9.17, 15) is 4.39 Å². The average molecular weight is 330 g/mol. The van der Waals surface area contributed by atoms with Crippen LogP contribution >= 0.6 is 23.7 Å². The molecular weight excluding hydrogens is 309 g/mol. The summed E-state index contributed by atoms with van der Waals surface area (Å²) in [6.45, 7) is 3.99. The van der Waals surface area contributed by atoms with Crippen molar-refractivity contribution in [3.05, 3.63) is 29.0 Å². The lowest BCUT2D eigenvalue weighted by Gasteiger charge is -2.37. The van der Waals surface area contributed by atoms with Gasteiger partial charge in [0.25, 0.3) is 0 Å². The molecule has 1 aromatic heterocycles. The second-order valence-corrected chi connectivity index (χ2v) is 6.73. The molecule has 2 heterocycles. The van der Waals surface area contributed by atoms with Crippen molar-refractivity contribution in [1.82, 2.24) is 9.88 Å². The standard InChI is InChI=1S/C15H20FN3S.ClH/c1-10(17)13-4-2-3-7-19(13)9-15-18-12-6-5-11(16)8-14(12)20-15;/h5-6,8,10,13H,2-4,7,9,17H2,1H3;1H. The van der Waals surface area contributed by atoms with E-state index < -0.39 is 0 Å². The summed E-state index contributed by atoms with van der Waals surface area (Å²) in [5.74, 6) is -0.195. The van der Waals surface area contributed by atoms with Crippen molar-refractivity contribution >= 4 is 34.0 Å². The highest BCUT2D eigenvalue weighted by molar-refractivity contribution is 7.18. The second-order valence-electron chi connectivity index (χ2n) is 5.61. The number of nitrogens with zero attached hydrogens (tertiary/aromatic N) is 2. The van der Waals surface area contributed by atoms with Crippen molar-refractivity contribution in [2.45, 2.75) is 44.8 Å². The van der Waals surface area contributed by atoms with Crippen LogP contribution in [0.25, 0.3) is 10.2 Å². The van der Waals surface area contributed by atoms with Gasteiger partial charge in [-0.2, -0.15) is 0 Å². The predicted molar refractivity (Wildman–Crippen MR) is 88.5 cm³/mol. The molecule has 0 spiro atoms. The van der Waals surface area contributed by atoms with Crippen LogP contribution in [0.3, 0.4) is 0 Å². The lowest BCUT2D eigenvalue weighted by atomic mass is 9.97. The van der Waals surface area contributed by atoms with Crippen molar-refractivity contribution in [3.8, 4) is 0 Å². The molecule has 0 radical (unpaired) electrons. The van der Waals surface area contributed by atoms with Gasteiger partial charge in [-0.3, -0.25) is 4.90 Å². The molecule has 3 nitrogen and oxygen atoms in total. The molecule has 1 saturated heterocycles. The number of hydrogen-bond donors (Lipinski definition) is 1. The number of benzene rings is 1. The van der Waals surface area contributed by atoms with Gasteiger partial charge in [-0.05, 0) is 44.5 Å². The first-order chi connectivity index (χ1) is 9.63. The third-order valence-corrected chi connectivity index (χ3v) is 5.01. The first-order valence-electron chi connectivity index (χ1n) is 7.18. The highest BCUT2D eigenvalue weighted by Gasteiger charge is 2.26. The van der Waals surface area contributed by atoms with Gasteiger partial charge in [-0.1, -0.05) is 6.42 Å². The zero-order valence-corrected chi connectivity index (χ0v) is 13.7. The van der Waals surface area contributed by atoms with Gasteiger partial charge >= 0.3 is 0 Å². The molecular formula is C15H21ClFN3S. The molecule has 1 fully saturated rings. The molecule has 0 bridgehead atoms. The summed E-state index contributed by atoms with van der Waals surface area (Å²) in [5, 5.41) is 1.05.